The number of aliphatic carboxylic acids is 3. The summed E-state index contributed by atoms with van der Waals surface area (Å²) in [5.74, 6) is -17.5. The molecule has 1 aliphatic rings. The van der Waals surface area contributed by atoms with Crippen LogP contribution in [0.1, 0.15) is 131 Å². The maximum Gasteiger partial charge on any atom is 0.326 e. The molecule has 34 nitrogen and oxygen atoms in total. The van der Waals surface area contributed by atoms with Crippen LogP contribution in [0.2, 0.25) is 0 Å². The van der Waals surface area contributed by atoms with Gasteiger partial charge in [-0.05, 0) is 106 Å². The number of unbranched alkanes of at least 4 members (excludes halogenated alkanes) is 1. The molecule has 95 heavy (non-hydrogen) atoms. The number of hydrogen-bond acceptors (Lipinski definition) is 20. The normalized spacial score (nSPS) is 16.3. The fourth-order valence-corrected chi connectivity index (χ4v) is 10.1. The Morgan fingerprint density at radius 1 is 0.600 bits per heavy atom. The Balaban J connectivity index is 2.28. The van der Waals surface area contributed by atoms with Gasteiger partial charge in [0.25, 0.3) is 0 Å². The Labute approximate surface area is 555 Å². The van der Waals surface area contributed by atoms with Crippen molar-refractivity contribution in [2.24, 2.45) is 35.0 Å². The molecule has 0 spiro atoms. The second-order valence-electron chi connectivity index (χ2n) is 24.0. The molecule has 0 aromatic heterocycles. The molecule has 1 aromatic rings. The number of phenols is 1. The van der Waals surface area contributed by atoms with E-state index in [9.17, 15) is 97.5 Å². The molecule has 0 aliphatic carbocycles. The third-order valence-electron chi connectivity index (χ3n) is 15.4. The largest absolute Gasteiger partial charge is 0.508 e. The molecule has 2 rings (SSSR count). The molecular formula is C60H96N14O20S. The van der Waals surface area contributed by atoms with Crippen molar-refractivity contribution < 1.29 is 97.5 Å². The van der Waals surface area contributed by atoms with Crippen LogP contribution in [0, 0.1) is 17.8 Å². The highest BCUT2D eigenvalue weighted by molar-refractivity contribution is 7.80. The summed E-state index contributed by atoms with van der Waals surface area (Å²) in [7, 11) is 0. The molecule has 21 N–H and O–H groups in total. The standard InChI is InChI=1S/C60H96N14O20S/c1-7-32(6)49(58(91)69-40(25-30(2)3)54(87)67-36(18-21-46(79)80)51(84)64-27-45(78)65-39(60(93)94)11-8-9-23-61)73-56(89)43-12-10-24-74(43)59(92)42(29-95)71-55(88)41(28-75)70-52(85)38(19-22-47(81)82)68-57(90)48(31(4)5)72-53(86)37(17-20-44(63)77)66-50(83)35(62)26-33-13-15-34(76)16-14-33/h13-16,30-32,35-43,48-49,75-76,95H,7-12,17-29,61-62H2,1-6H3,(H2,63,77)(H,64,84)(H,65,78)(H,66,83)(H,67,87)(H,68,90)(H,69,91)(H,70,85)(H,71,88)(H,72,86)(H,73,89)(H,79,80)(H,81,82)(H,93,94)/t32-,35-,36-,37-,38-,39-,40-,41-,42-,43-,48-,49-/m0/s1. The maximum absolute atomic E-state index is 14.3. The Morgan fingerprint density at radius 3 is 1.63 bits per heavy atom. The van der Waals surface area contributed by atoms with Gasteiger partial charge in [0.1, 0.15) is 66.2 Å². The second-order valence-corrected chi connectivity index (χ2v) is 24.3. The molecule has 0 unspecified atom stereocenters. The van der Waals surface area contributed by atoms with Crippen LogP contribution in [-0.4, -0.2) is 218 Å². The number of carbonyl (C=O) groups is 15. The number of aliphatic hydroxyl groups is 1. The Bertz CT molecular complexity index is 2830. The van der Waals surface area contributed by atoms with Crippen molar-refractivity contribution in [1.29, 1.82) is 0 Å². The fraction of sp³-hybridized carbons (Fsp3) is 0.650. The zero-order chi connectivity index (χ0) is 71.8. The van der Waals surface area contributed by atoms with Crippen molar-refractivity contribution in [2.75, 3.05) is 32.0 Å². The highest BCUT2D eigenvalue weighted by atomic mass is 32.1. The number of hydrogen-bond donors (Lipinski definition) is 19. The molecule has 0 saturated carbocycles. The topological polar surface area (TPSA) is 559 Å². The number of likely N-dealkylation sites (tertiary alicyclic amines) is 1. The minimum atomic E-state index is -1.87. The summed E-state index contributed by atoms with van der Waals surface area (Å²) in [5.41, 5.74) is 17.5. The number of primary amides is 1. The summed E-state index contributed by atoms with van der Waals surface area (Å²) in [5, 5.41) is 72.8. The highest BCUT2D eigenvalue weighted by Crippen LogP contribution is 2.21. The highest BCUT2D eigenvalue weighted by Gasteiger charge is 2.41. The number of thiol groups is 1. The van der Waals surface area contributed by atoms with E-state index in [1.807, 2.05) is 0 Å². The van der Waals surface area contributed by atoms with Crippen molar-refractivity contribution in [3.8, 4) is 5.75 Å². The molecular weight excluding hydrogens is 1270 g/mol. The van der Waals surface area contributed by atoms with E-state index in [-0.39, 0.29) is 56.7 Å². The van der Waals surface area contributed by atoms with Crippen LogP contribution >= 0.6 is 12.6 Å². The van der Waals surface area contributed by atoms with Crippen LogP contribution in [-0.2, 0) is 78.3 Å². The van der Waals surface area contributed by atoms with Crippen molar-refractivity contribution in [1.82, 2.24) is 58.1 Å². The number of aliphatic hydroxyl groups excluding tert-OH is 1. The molecule has 1 fully saturated rings. The van der Waals surface area contributed by atoms with Crippen molar-refractivity contribution in [2.45, 2.75) is 198 Å². The number of nitrogens with two attached hydrogens (primary N) is 3. The lowest BCUT2D eigenvalue weighted by Gasteiger charge is -2.32. The molecule has 532 valence electrons. The molecule has 1 aliphatic heterocycles. The van der Waals surface area contributed by atoms with Crippen molar-refractivity contribution in [3.63, 3.8) is 0 Å². The van der Waals surface area contributed by atoms with E-state index in [0.717, 1.165) is 4.90 Å². The van der Waals surface area contributed by atoms with E-state index in [4.69, 9.17) is 17.2 Å². The third kappa shape index (κ3) is 29.2. The monoisotopic (exact) mass is 1360 g/mol. The van der Waals surface area contributed by atoms with Gasteiger partial charge in [0, 0.05) is 31.6 Å². The molecule has 35 heteroatoms. The van der Waals surface area contributed by atoms with Crippen LogP contribution in [0.3, 0.4) is 0 Å². The fourth-order valence-electron chi connectivity index (χ4n) is 9.84. The first kappa shape index (κ1) is 82.4. The summed E-state index contributed by atoms with van der Waals surface area (Å²) in [6.45, 7) is 8.22. The van der Waals surface area contributed by atoms with Gasteiger partial charge in [-0.1, -0.05) is 60.1 Å². The van der Waals surface area contributed by atoms with Gasteiger partial charge in [0.15, 0.2) is 0 Å². The van der Waals surface area contributed by atoms with Gasteiger partial charge < -0.3 is 101 Å². The van der Waals surface area contributed by atoms with Gasteiger partial charge in [-0.3, -0.25) is 67.1 Å². The lowest BCUT2D eigenvalue weighted by molar-refractivity contribution is -0.142. The van der Waals surface area contributed by atoms with E-state index < -0.39 is 218 Å². The molecule has 0 bridgehead atoms. The molecule has 12 amide bonds. The van der Waals surface area contributed by atoms with E-state index in [1.165, 1.54) is 38.1 Å². The number of carboxylic acids is 3. The van der Waals surface area contributed by atoms with Gasteiger partial charge in [-0.25, -0.2) is 4.79 Å². The summed E-state index contributed by atoms with van der Waals surface area (Å²) in [4.78, 5) is 199. The lowest BCUT2D eigenvalue weighted by atomic mass is 9.96. The second kappa shape index (κ2) is 41.9. The van der Waals surface area contributed by atoms with Gasteiger partial charge in [0.05, 0.1) is 19.2 Å². The van der Waals surface area contributed by atoms with E-state index in [2.05, 4.69) is 65.8 Å². The summed E-state index contributed by atoms with van der Waals surface area (Å²) in [6.07, 6.45) is -1.62. The average molecular weight is 1370 g/mol. The van der Waals surface area contributed by atoms with E-state index in [1.54, 1.807) is 27.7 Å². The number of carboxylic acid groups (broad SMARTS) is 3. The minimum absolute atomic E-state index is 0.0249. The molecule has 0 radical (unpaired) electrons. The lowest BCUT2D eigenvalue weighted by Crippen LogP contribution is -2.62. The number of aromatic hydroxyl groups is 1. The zero-order valence-electron chi connectivity index (χ0n) is 54.3. The van der Waals surface area contributed by atoms with Gasteiger partial charge in [0.2, 0.25) is 70.9 Å². The molecule has 12 atom stereocenters. The summed E-state index contributed by atoms with van der Waals surface area (Å²) >= 11 is 4.25. The van der Waals surface area contributed by atoms with E-state index >= 15 is 0 Å². The predicted molar refractivity (Wildman–Crippen MR) is 342 cm³/mol. The first-order valence-electron chi connectivity index (χ1n) is 31.4. The Hall–Kier alpha value is -8.70. The number of nitrogens with zero attached hydrogens (tertiary/aromatic N) is 1. The van der Waals surface area contributed by atoms with Gasteiger partial charge in [-0.2, -0.15) is 12.6 Å². The number of rotatable bonds is 44. The smallest absolute Gasteiger partial charge is 0.326 e. The van der Waals surface area contributed by atoms with Crippen LogP contribution in [0.15, 0.2) is 24.3 Å². The third-order valence-corrected chi connectivity index (χ3v) is 15.8. The van der Waals surface area contributed by atoms with Crippen molar-refractivity contribution in [3.05, 3.63) is 29.8 Å². The summed E-state index contributed by atoms with van der Waals surface area (Å²) in [6, 6.07) is -10.4. The first-order chi connectivity index (χ1) is 44.7. The zero-order valence-corrected chi connectivity index (χ0v) is 55.2. The predicted octanol–water partition coefficient (Wildman–Crippen LogP) is -4.39. The molecule has 1 aromatic carbocycles. The number of carbonyl (C=O) groups excluding carboxylic acids is 12. The van der Waals surface area contributed by atoms with Crippen molar-refractivity contribution >= 4 is 101 Å². The van der Waals surface area contributed by atoms with Gasteiger partial charge >= 0.3 is 17.9 Å². The maximum atomic E-state index is 14.3. The van der Waals surface area contributed by atoms with E-state index in [0.29, 0.717) is 31.4 Å². The number of phenolic OH excluding ortho intramolecular Hbond substituents is 1. The summed E-state index contributed by atoms with van der Waals surface area (Å²) < 4.78 is 0. The number of nitrogens with one attached hydrogen (secondary N) is 10. The molecule has 1 heterocycles. The SMILES string of the molecule is CC[C@H](C)[C@H](NC(=O)[C@@H]1CCCN1C(=O)[C@H](CS)NC(=O)[C@H](CO)NC(=O)[C@H](CCC(=O)O)NC(=O)[C@@H](NC(=O)[C@H](CCC(N)=O)NC(=O)[C@@H](N)Cc1ccc(O)cc1)C(C)C)C(=O)N[C@@H](CC(C)C)C(=O)N[C@@H](CCC(=O)O)C(=O)NCC(=O)N[C@@H](CCCCN)C(=O)O. The van der Waals surface area contributed by atoms with Crippen LogP contribution in [0.25, 0.3) is 0 Å². The molecule has 1 saturated heterocycles. The minimum Gasteiger partial charge on any atom is -0.508 e. The number of benzene rings is 1. The van der Waals surface area contributed by atoms with Crippen LogP contribution in [0.4, 0.5) is 0 Å². The number of amides is 12. The average Bonchev–Trinajstić information content (AvgIpc) is 1.79. The quantitative estimate of drug-likeness (QED) is 0.0217. The van der Waals surface area contributed by atoms with Crippen LogP contribution < -0.4 is 70.4 Å². The Kier molecular flexibility index (Phi) is 36.3. The first-order valence-corrected chi connectivity index (χ1v) is 32.0. The van der Waals surface area contributed by atoms with Gasteiger partial charge in [-0.15, -0.1) is 0 Å². The van der Waals surface area contributed by atoms with Crippen LogP contribution in [0.5, 0.6) is 5.75 Å². The Morgan fingerprint density at radius 2 is 1.11 bits per heavy atom.